The Bertz CT molecular complexity index is 395. The summed E-state index contributed by atoms with van der Waals surface area (Å²) in [5, 5.41) is 12.6. The maximum absolute atomic E-state index is 12.3. The number of aliphatic hydroxyl groups is 1. The normalized spacial score (nSPS) is 20.0. The van der Waals surface area contributed by atoms with Crippen molar-refractivity contribution in [2.45, 2.75) is 44.9 Å². The van der Waals surface area contributed by atoms with E-state index in [1.54, 1.807) is 13.8 Å². The predicted octanol–water partition coefficient (Wildman–Crippen LogP) is 1.06. The first-order valence-corrected chi connectivity index (χ1v) is 6.95. The smallest absolute Gasteiger partial charge is 0.388 e. The summed E-state index contributed by atoms with van der Waals surface area (Å²) in [6.07, 6.45) is -3.79. The second-order valence-electron chi connectivity index (χ2n) is 5.44. The quantitative estimate of drug-likeness (QED) is 0.771. The van der Waals surface area contributed by atoms with E-state index in [0.717, 1.165) is 0 Å². The average molecular weight is 310 g/mol. The lowest BCUT2D eigenvalue weighted by Gasteiger charge is -2.26. The molecule has 122 valence electrons. The van der Waals surface area contributed by atoms with Gasteiger partial charge in [0.2, 0.25) is 11.8 Å². The molecule has 0 aromatic heterocycles. The first kappa shape index (κ1) is 17.7. The molecule has 0 saturated carbocycles. The zero-order chi connectivity index (χ0) is 16.3. The fourth-order valence-corrected chi connectivity index (χ4v) is 2.21. The molecular formula is C13H21F3N2O3. The molecule has 0 spiro atoms. The number of nitrogens with zero attached hydrogens (tertiary/aromatic N) is 1. The molecule has 0 aliphatic carbocycles. The molecule has 2 amide bonds. The van der Waals surface area contributed by atoms with Crippen LogP contribution in [0, 0.1) is 5.92 Å². The van der Waals surface area contributed by atoms with E-state index in [9.17, 15) is 27.9 Å². The number of hydrogen-bond acceptors (Lipinski definition) is 3. The average Bonchev–Trinajstić information content (AvgIpc) is 2.75. The summed E-state index contributed by atoms with van der Waals surface area (Å²) < 4.78 is 36.8. The number of hydrogen-bond donors (Lipinski definition) is 2. The third-order valence-corrected chi connectivity index (χ3v) is 3.86. The van der Waals surface area contributed by atoms with Crippen molar-refractivity contribution in [2.24, 2.45) is 5.92 Å². The molecule has 1 rings (SSSR count). The molecule has 5 nitrogen and oxygen atoms in total. The van der Waals surface area contributed by atoms with Gasteiger partial charge < -0.3 is 15.3 Å². The van der Waals surface area contributed by atoms with E-state index in [1.807, 2.05) is 0 Å². The van der Waals surface area contributed by atoms with Gasteiger partial charge in [-0.2, -0.15) is 13.2 Å². The minimum atomic E-state index is -4.47. The Morgan fingerprint density at radius 3 is 2.43 bits per heavy atom. The highest BCUT2D eigenvalue weighted by atomic mass is 19.4. The topological polar surface area (TPSA) is 69.6 Å². The number of carbonyl (C=O) groups excluding carboxylic acids is 2. The molecule has 0 aromatic rings. The van der Waals surface area contributed by atoms with Crippen molar-refractivity contribution in [3.8, 4) is 0 Å². The molecule has 1 aliphatic rings. The number of amides is 2. The van der Waals surface area contributed by atoms with Crippen molar-refractivity contribution in [1.82, 2.24) is 10.2 Å². The standard InChI is InChI=1S/C13H21F3N2O3/c1-3-12(21,4-2)7-17-11(20)9-5-10(19)18(6-9)8-13(14,15)16/h9,21H,3-8H2,1-2H3,(H,17,20). The molecule has 1 saturated heterocycles. The molecule has 1 aliphatic heterocycles. The van der Waals surface area contributed by atoms with Crippen LogP contribution in [0.4, 0.5) is 13.2 Å². The zero-order valence-corrected chi connectivity index (χ0v) is 12.2. The van der Waals surface area contributed by atoms with Crippen molar-refractivity contribution >= 4 is 11.8 Å². The van der Waals surface area contributed by atoms with Crippen LogP contribution in [-0.4, -0.2) is 53.2 Å². The summed E-state index contributed by atoms with van der Waals surface area (Å²) in [5.74, 6) is -1.96. The van der Waals surface area contributed by atoms with E-state index >= 15 is 0 Å². The van der Waals surface area contributed by atoms with Gasteiger partial charge in [0, 0.05) is 19.5 Å². The van der Waals surface area contributed by atoms with Gasteiger partial charge in [0.25, 0.3) is 0 Å². The maximum atomic E-state index is 12.3. The Balaban J connectivity index is 2.52. The van der Waals surface area contributed by atoms with Gasteiger partial charge in [-0.25, -0.2) is 0 Å². The molecule has 0 radical (unpaired) electrons. The summed E-state index contributed by atoms with van der Waals surface area (Å²) in [4.78, 5) is 24.0. The van der Waals surface area contributed by atoms with Gasteiger partial charge in [0.1, 0.15) is 6.54 Å². The fraction of sp³-hybridized carbons (Fsp3) is 0.846. The second-order valence-corrected chi connectivity index (χ2v) is 5.44. The number of likely N-dealkylation sites (tertiary alicyclic amines) is 1. The molecule has 1 unspecified atom stereocenters. The first-order chi connectivity index (χ1) is 9.60. The van der Waals surface area contributed by atoms with Crippen molar-refractivity contribution in [2.75, 3.05) is 19.6 Å². The van der Waals surface area contributed by atoms with Crippen LogP contribution in [0.3, 0.4) is 0 Å². The SMILES string of the molecule is CCC(O)(CC)CNC(=O)C1CC(=O)N(CC(F)(F)F)C1. The highest BCUT2D eigenvalue weighted by Crippen LogP contribution is 2.24. The minimum Gasteiger partial charge on any atom is -0.388 e. The maximum Gasteiger partial charge on any atom is 0.406 e. The van der Waals surface area contributed by atoms with E-state index < -0.39 is 36.1 Å². The predicted molar refractivity (Wildman–Crippen MR) is 69.3 cm³/mol. The number of alkyl halides is 3. The number of halogens is 3. The number of nitrogens with one attached hydrogen (secondary N) is 1. The molecule has 1 fully saturated rings. The van der Waals surface area contributed by atoms with E-state index in [-0.39, 0.29) is 19.5 Å². The Morgan fingerprint density at radius 2 is 1.95 bits per heavy atom. The summed E-state index contributed by atoms with van der Waals surface area (Å²) >= 11 is 0. The first-order valence-electron chi connectivity index (χ1n) is 6.95. The summed E-state index contributed by atoms with van der Waals surface area (Å²) in [5.41, 5.74) is -1.02. The Hall–Kier alpha value is -1.31. The lowest BCUT2D eigenvalue weighted by molar-refractivity contribution is -0.157. The van der Waals surface area contributed by atoms with E-state index in [1.165, 1.54) is 0 Å². The molecule has 21 heavy (non-hydrogen) atoms. The van der Waals surface area contributed by atoms with Gasteiger partial charge >= 0.3 is 6.18 Å². The van der Waals surface area contributed by atoms with Gasteiger partial charge in [-0.1, -0.05) is 13.8 Å². The van der Waals surface area contributed by atoms with Crippen LogP contribution >= 0.6 is 0 Å². The van der Waals surface area contributed by atoms with E-state index in [0.29, 0.717) is 17.7 Å². The number of rotatable bonds is 6. The molecule has 8 heteroatoms. The monoisotopic (exact) mass is 310 g/mol. The largest absolute Gasteiger partial charge is 0.406 e. The molecule has 1 atom stereocenters. The van der Waals surface area contributed by atoms with Gasteiger partial charge in [-0.3, -0.25) is 9.59 Å². The van der Waals surface area contributed by atoms with Crippen LogP contribution in [0.5, 0.6) is 0 Å². The van der Waals surface area contributed by atoms with Crippen molar-refractivity contribution in [3.05, 3.63) is 0 Å². The minimum absolute atomic E-state index is 0.0306. The summed E-state index contributed by atoms with van der Waals surface area (Å²) in [6, 6.07) is 0. The van der Waals surface area contributed by atoms with Gasteiger partial charge in [-0.05, 0) is 12.8 Å². The zero-order valence-electron chi connectivity index (χ0n) is 12.2. The molecular weight excluding hydrogens is 289 g/mol. The van der Waals surface area contributed by atoms with Crippen LogP contribution in [0.2, 0.25) is 0 Å². The van der Waals surface area contributed by atoms with Crippen LogP contribution in [0.15, 0.2) is 0 Å². The lowest BCUT2D eigenvalue weighted by atomic mass is 9.97. The summed E-state index contributed by atoms with van der Waals surface area (Å²) in [6.45, 7) is 2.02. The molecule has 1 heterocycles. The van der Waals surface area contributed by atoms with Crippen molar-refractivity contribution in [3.63, 3.8) is 0 Å². The Kier molecular flexibility index (Phi) is 5.61. The summed E-state index contributed by atoms with van der Waals surface area (Å²) in [7, 11) is 0. The highest BCUT2D eigenvalue weighted by molar-refractivity contribution is 5.89. The Labute approximate surface area is 121 Å². The highest BCUT2D eigenvalue weighted by Gasteiger charge is 2.40. The van der Waals surface area contributed by atoms with Crippen LogP contribution < -0.4 is 5.32 Å². The molecule has 0 aromatic carbocycles. The third kappa shape index (κ3) is 5.18. The van der Waals surface area contributed by atoms with Crippen molar-refractivity contribution < 1.29 is 27.9 Å². The second kappa shape index (κ2) is 6.64. The molecule has 2 N–H and O–H groups in total. The van der Waals surface area contributed by atoms with Gasteiger partial charge in [0.15, 0.2) is 0 Å². The van der Waals surface area contributed by atoms with Gasteiger partial charge in [-0.15, -0.1) is 0 Å². The Morgan fingerprint density at radius 1 is 1.38 bits per heavy atom. The van der Waals surface area contributed by atoms with Crippen LogP contribution in [-0.2, 0) is 9.59 Å². The fourth-order valence-electron chi connectivity index (χ4n) is 2.21. The van der Waals surface area contributed by atoms with E-state index in [2.05, 4.69) is 5.32 Å². The third-order valence-electron chi connectivity index (χ3n) is 3.86. The lowest BCUT2D eigenvalue weighted by Crippen LogP contribution is -2.44. The van der Waals surface area contributed by atoms with E-state index in [4.69, 9.17) is 0 Å². The molecule has 0 bridgehead atoms. The van der Waals surface area contributed by atoms with Gasteiger partial charge in [0.05, 0.1) is 11.5 Å². The van der Waals surface area contributed by atoms with Crippen LogP contribution in [0.25, 0.3) is 0 Å². The van der Waals surface area contributed by atoms with Crippen LogP contribution in [0.1, 0.15) is 33.1 Å². The van der Waals surface area contributed by atoms with Crippen molar-refractivity contribution in [1.29, 1.82) is 0 Å². The number of carbonyl (C=O) groups is 2.